The summed E-state index contributed by atoms with van der Waals surface area (Å²) in [7, 11) is -1.83. The van der Waals surface area contributed by atoms with Gasteiger partial charge in [-0.25, -0.2) is 13.4 Å². The first kappa shape index (κ1) is 14.9. The summed E-state index contributed by atoms with van der Waals surface area (Å²) in [5.41, 5.74) is 0.804. The molecule has 0 bridgehead atoms. The fraction of sp³-hybridized carbons (Fsp3) is 0.462. The van der Waals surface area contributed by atoms with Gasteiger partial charge in [0.1, 0.15) is 6.10 Å². The van der Waals surface area contributed by atoms with Crippen LogP contribution in [0.1, 0.15) is 12.1 Å². The summed E-state index contributed by atoms with van der Waals surface area (Å²) in [4.78, 5) is 3.92. The van der Waals surface area contributed by atoms with E-state index in [1.807, 2.05) is 6.92 Å². The van der Waals surface area contributed by atoms with Crippen molar-refractivity contribution in [2.24, 2.45) is 7.05 Å². The molecule has 118 valence electrons. The summed E-state index contributed by atoms with van der Waals surface area (Å²) in [6.45, 7) is 2.53. The molecule has 1 atom stereocenters. The smallest absolute Gasteiger partial charge is 0.262 e. The van der Waals surface area contributed by atoms with Crippen LogP contribution < -0.4 is 4.74 Å². The SMILES string of the molecule is Cc1ccc(O[C@@H]2CCN(S(=O)(=O)c3cn(C)cn3)C2)nn1. The first-order valence-corrected chi connectivity index (χ1v) is 8.34. The van der Waals surface area contributed by atoms with Crippen molar-refractivity contribution in [2.75, 3.05) is 13.1 Å². The third-order valence-electron chi connectivity index (χ3n) is 3.45. The highest BCUT2D eigenvalue weighted by molar-refractivity contribution is 7.89. The van der Waals surface area contributed by atoms with E-state index in [9.17, 15) is 8.42 Å². The lowest BCUT2D eigenvalue weighted by Crippen LogP contribution is -2.31. The molecule has 0 saturated carbocycles. The second kappa shape index (κ2) is 5.65. The number of hydrogen-bond acceptors (Lipinski definition) is 6. The normalized spacial score (nSPS) is 19.5. The highest BCUT2D eigenvalue weighted by Gasteiger charge is 2.35. The predicted molar refractivity (Wildman–Crippen MR) is 77.8 cm³/mol. The van der Waals surface area contributed by atoms with Gasteiger partial charge < -0.3 is 9.30 Å². The van der Waals surface area contributed by atoms with Gasteiger partial charge in [0.2, 0.25) is 5.88 Å². The van der Waals surface area contributed by atoms with Crippen LogP contribution in [0.15, 0.2) is 29.7 Å². The third kappa shape index (κ3) is 2.95. The van der Waals surface area contributed by atoms with Crippen LogP contribution >= 0.6 is 0 Å². The topological polar surface area (TPSA) is 90.2 Å². The Balaban J connectivity index is 1.68. The Kier molecular flexibility index (Phi) is 3.83. The Morgan fingerprint density at radius 3 is 2.77 bits per heavy atom. The van der Waals surface area contributed by atoms with E-state index >= 15 is 0 Å². The molecule has 2 aromatic heterocycles. The quantitative estimate of drug-likeness (QED) is 0.807. The molecule has 2 aromatic rings. The highest BCUT2D eigenvalue weighted by atomic mass is 32.2. The van der Waals surface area contributed by atoms with Crippen molar-refractivity contribution < 1.29 is 13.2 Å². The second-order valence-electron chi connectivity index (χ2n) is 5.28. The average Bonchev–Trinajstić information content (AvgIpc) is 3.11. The minimum atomic E-state index is -3.56. The van der Waals surface area contributed by atoms with E-state index < -0.39 is 10.0 Å². The maximum absolute atomic E-state index is 12.5. The zero-order chi connectivity index (χ0) is 15.7. The summed E-state index contributed by atoms with van der Waals surface area (Å²) >= 11 is 0. The zero-order valence-electron chi connectivity index (χ0n) is 12.4. The van der Waals surface area contributed by atoms with E-state index in [2.05, 4.69) is 15.2 Å². The van der Waals surface area contributed by atoms with Crippen LogP contribution in [-0.4, -0.2) is 51.7 Å². The first-order chi connectivity index (χ1) is 10.4. The van der Waals surface area contributed by atoms with Crippen molar-refractivity contribution in [3.63, 3.8) is 0 Å². The highest BCUT2D eigenvalue weighted by Crippen LogP contribution is 2.22. The first-order valence-electron chi connectivity index (χ1n) is 6.90. The van der Waals surface area contributed by atoms with E-state index in [-0.39, 0.29) is 17.7 Å². The molecule has 1 aliphatic heterocycles. The monoisotopic (exact) mass is 323 g/mol. The molecule has 22 heavy (non-hydrogen) atoms. The Bertz CT molecular complexity index is 756. The fourth-order valence-electron chi connectivity index (χ4n) is 2.29. The fourth-order valence-corrected chi connectivity index (χ4v) is 3.74. The molecule has 9 heteroatoms. The Morgan fingerprint density at radius 1 is 1.32 bits per heavy atom. The van der Waals surface area contributed by atoms with Crippen LogP contribution in [0.3, 0.4) is 0 Å². The van der Waals surface area contributed by atoms with Gasteiger partial charge in [0.25, 0.3) is 10.0 Å². The minimum Gasteiger partial charge on any atom is -0.472 e. The van der Waals surface area contributed by atoms with Crippen molar-refractivity contribution >= 4 is 10.0 Å². The van der Waals surface area contributed by atoms with Crippen LogP contribution in [0.2, 0.25) is 0 Å². The number of nitrogens with zero attached hydrogens (tertiary/aromatic N) is 5. The molecule has 8 nitrogen and oxygen atoms in total. The van der Waals surface area contributed by atoms with Crippen LogP contribution in [0.4, 0.5) is 0 Å². The van der Waals surface area contributed by atoms with Gasteiger partial charge in [-0.15, -0.1) is 5.10 Å². The Morgan fingerprint density at radius 2 is 2.14 bits per heavy atom. The molecule has 0 aliphatic carbocycles. The number of aryl methyl sites for hydroxylation is 2. The summed E-state index contributed by atoms with van der Waals surface area (Å²) in [5.74, 6) is 0.410. The second-order valence-corrected chi connectivity index (χ2v) is 7.17. The van der Waals surface area contributed by atoms with Gasteiger partial charge in [-0.1, -0.05) is 0 Å². The van der Waals surface area contributed by atoms with Crippen LogP contribution in [0, 0.1) is 6.92 Å². The van der Waals surface area contributed by atoms with Gasteiger partial charge in [-0.3, -0.25) is 0 Å². The molecule has 1 fully saturated rings. The molecular formula is C13H17N5O3S. The average molecular weight is 323 g/mol. The molecule has 1 saturated heterocycles. The van der Waals surface area contributed by atoms with Crippen molar-refractivity contribution in [3.05, 3.63) is 30.4 Å². The van der Waals surface area contributed by atoms with Gasteiger partial charge in [0, 0.05) is 25.9 Å². The number of imidazole rings is 1. The number of aromatic nitrogens is 4. The van der Waals surface area contributed by atoms with E-state index in [0.717, 1.165) is 5.69 Å². The predicted octanol–water partition coefficient (Wildman–Crippen LogP) is 0.361. The number of sulfonamides is 1. The lowest BCUT2D eigenvalue weighted by Gasteiger charge is -2.15. The zero-order valence-corrected chi connectivity index (χ0v) is 13.2. The largest absolute Gasteiger partial charge is 0.472 e. The minimum absolute atomic E-state index is 0.0609. The van der Waals surface area contributed by atoms with Crippen molar-refractivity contribution in [2.45, 2.75) is 24.5 Å². The van der Waals surface area contributed by atoms with Gasteiger partial charge in [0.05, 0.1) is 18.6 Å². The maximum Gasteiger partial charge on any atom is 0.262 e. The molecule has 0 radical (unpaired) electrons. The van der Waals surface area contributed by atoms with E-state index in [1.165, 1.54) is 16.8 Å². The van der Waals surface area contributed by atoms with Crippen molar-refractivity contribution in [1.82, 2.24) is 24.1 Å². The molecule has 1 aliphatic rings. The van der Waals surface area contributed by atoms with Gasteiger partial charge >= 0.3 is 0 Å². The molecule has 0 amide bonds. The van der Waals surface area contributed by atoms with Crippen LogP contribution in [-0.2, 0) is 17.1 Å². The van der Waals surface area contributed by atoms with Crippen molar-refractivity contribution in [3.8, 4) is 5.88 Å². The summed E-state index contributed by atoms with van der Waals surface area (Å²) < 4.78 is 33.6. The molecule has 0 unspecified atom stereocenters. The lowest BCUT2D eigenvalue weighted by molar-refractivity contribution is 0.204. The number of rotatable bonds is 4. The summed E-state index contributed by atoms with van der Waals surface area (Å²) in [5, 5.41) is 7.92. The molecule has 0 N–H and O–H groups in total. The number of hydrogen-bond donors (Lipinski definition) is 0. The standard InChI is InChI=1S/C13H17N5O3S/c1-10-3-4-12(16-15-10)21-11-5-6-18(7-11)22(19,20)13-8-17(2)9-14-13/h3-4,8-9,11H,5-7H2,1-2H3/t11-/m1/s1. The van der Waals surface area contributed by atoms with Crippen LogP contribution in [0.5, 0.6) is 5.88 Å². The third-order valence-corrected chi connectivity index (χ3v) is 5.20. The lowest BCUT2D eigenvalue weighted by atomic mass is 10.3. The molecule has 0 aromatic carbocycles. The van der Waals surface area contributed by atoms with E-state index in [0.29, 0.717) is 18.8 Å². The van der Waals surface area contributed by atoms with E-state index in [1.54, 1.807) is 23.7 Å². The van der Waals surface area contributed by atoms with Gasteiger partial charge in [-0.2, -0.15) is 9.40 Å². The number of ether oxygens (including phenoxy) is 1. The van der Waals surface area contributed by atoms with Gasteiger partial charge in [0.15, 0.2) is 5.03 Å². The maximum atomic E-state index is 12.5. The molecular weight excluding hydrogens is 306 g/mol. The van der Waals surface area contributed by atoms with Crippen molar-refractivity contribution in [1.29, 1.82) is 0 Å². The molecule has 3 heterocycles. The Labute approximate surface area is 128 Å². The van der Waals surface area contributed by atoms with E-state index in [4.69, 9.17) is 4.74 Å². The Hall–Kier alpha value is -2.00. The van der Waals surface area contributed by atoms with Crippen LogP contribution in [0.25, 0.3) is 0 Å². The van der Waals surface area contributed by atoms with Gasteiger partial charge in [-0.05, 0) is 19.4 Å². The molecule has 3 rings (SSSR count). The molecule has 0 spiro atoms. The summed E-state index contributed by atoms with van der Waals surface area (Å²) in [6, 6.07) is 3.54. The summed E-state index contributed by atoms with van der Waals surface area (Å²) in [6.07, 6.45) is 3.35.